The summed E-state index contributed by atoms with van der Waals surface area (Å²) in [5, 5.41) is 9.61. The number of amides is 1. The second kappa shape index (κ2) is 6.69. The molecule has 0 radical (unpaired) electrons. The Morgan fingerprint density at radius 3 is 2.56 bits per heavy atom. The first kappa shape index (κ1) is 17.8. The fourth-order valence-corrected chi connectivity index (χ4v) is 4.02. The van der Waals surface area contributed by atoms with Crippen LogP contribution in [0.2, 0.25) is 0 Å². The normalized spacial score (nSPS) is 26.8. The van der Waals surface area contributed by atoms with Gasteiger partial charge in [-0.25, -0.2) is 4.79 Å². The zero-order valence-electron chi connectivity index (χ0n) is 13.6. The molecule has 0 aromatic heterocycles. The summed E-state index contributed by atoms with van der Waals surface area (Å²) in [5.74, 6) is -3.84. The smallest absolute Gasteiger partial charge is 0.391 e. The van der Waals surface area contributed by atoms with E-state index in [4.69, 9.17) is 0 Å². The molecule has 0 spiro atoms. The highest BCUT2D eigenvalue weighted by molar-refractivity contribution is 5.87. The van der Waals surface area contributed by atoms with Crippen LogP contribution in [0.4, 0.5) is 13.2 Å². The molecule has 2 aliphatic rings. The molecule has 3 atom stereocenters. The van der Waals surface area contributed by atoms with Crippen molar-refractivity contribution in [3.63, 3.8) is 0 Å². The van der Waals surface area contributed by atoms with E-state index >= 15 is 0 Å². The number of carboxylic acid groups (broad SMARTS) is 1. The molecule has 3 rings (SSSR count). The molecule has 4 nitrogen and oxygen atoms in total. The Morgan fingerprint density at radius 2 is 1.88 bits per heavy atom. The molecule has 7 heteroatoms. The van der Waals surface area contributed by atoms with E-state index in [9.17, 15) is 27.9 Å². The summed E-state index contributed by atoms with van der Waals surface area (Å²) < 4.78 is 39.0. The predicted molar refractivity (Wildman–Crippen MR) is 83.7 cm³/mol. The summed E-state index contributed by atoms with van der Waals surface area (Å²) in [6.07, 6.45) is -3.27. The number of hydrogen-bond acceptors (Lipinski definition) is 2. The quantitative estimate of drug-likeness (QED) is 0.882. The molecular formula is C18H20F3NO3. The van der Waals surface area contributed by atoms with Gasteiger partial charge in [0.1, 0.15) is 0 Å². The highest BCUT2D eigenvalue weighted by Gasteiger charge is 2.46. The number of halogens is 3. The van der Waals surface area contributed by atoms with Crippen molar-refractivity contribution >= 4 is 11.9 Å². The first-order valence-corrected chi connectivity index (χ1v) is 8.47. The third kappa shape index (κ3) is 3.50. The van der Waals surface area contributed by atoms with Crippen molar-refractivity contribution in [1.29, 1.82) is 0 Å². The van der Waals surface area contributed by atoms with E-state index in [0.717, 1.165) is 5.56 Å². The Balaban J connectivity index is 1.83. The molecule has 1 amide bonds. The van der Waals surface area contributed by atoms with E-state index in [1.54, 1.807) is 12.1 Å². The number of carbonyl (C=O) groups is 2. The third-order valence-corrected chi connectivity index (χ3v) is 5.29. The second-order valence-electron chi connectivity index (χ2n) is 6.82. The van der Waals surface area contributed by atoms with Crippen LogP contribution in [0.5, 0.6) is 0 Å². The van der Waals surface area contributed by atoms with Crippen LogP contribution >= 0.6 is 0 Å². The van der Waals surface area contributed by atoms with Crippen molar-refractivity contribution in [3.8, 4) is 0 Å². The number of nitrogens with zero attached hydrogens (tertiary/aromatic N) is 1. The molecule has 0 saturated heterocycles. The van der Waals surface area contributed by atoms with Crippen LogP contribution in [0.25, 0.3) is 0 Å². The maximum Gasteiger partial charge on any atom is 0.391 e. The third-order valence-electron chi connectivity index (χ3n) is 5.29. The maximum absolute atomic E-state index is 13.0. The number of carbonyl (C=O) groups excluding carboxylic acids is 1. The predicted octanol–water partition coefficient (Wildman–Crippen LogP) is 3.57. The highest BCUT2D eigenvalue weighted by atomic mass is 19.4. The zero-order chi connectivity index (χ0) is 18.2. The first-order valence-electron chi connectivity index (χ1n) is 8.47. The molecule has 0 bridgehead atoms. The Hall–Kier alpha value is -2.05. The number of fused-ring (bicyclic) bond motifs is 1. The van der Waals surface area contributed by atoms with Gasteiger partial charge in [-0.3, -0.25) is 4.79 Å². The standard InChI is InChI=1S/C18H20F3NO3/c19-18(20,21)13-6-3-5-12(10-13)16(23)22-9-8-11-4-1-2-7-14(11)15(22)17(24)25/h1-2,4,7,12-13,15H,3,5-6,8-10H2,(H,24,25). The number of alkyl halides is 3. The van der Waals surface area contributed by atoms with E-state index in [1.165, 1.54) is 4.90 Å². The molecule has 1 saturated carbocycles. The van der Waals surface area contributed by atoms with Gasteiger partial charge in [0.2, 0.25) is 5.91 Å². The summed E-state index contributed by atoms with van der Waals surface area (Å²) >= 11 is 0. The SMILES string of the molecule is O=C(O)C1c2ccccc2CCN1C(=O)C1CCCC(C(F)(F)F)C1. The number of rotatable bonds is 2. The van der Waals surface area contributed by atoms with Crippen LogP contribution in [-0.4, -0.2) is 34.6 Å². The fraction of sp³-hybridized carbons (Fsp3) is 0.556. The van der Waals surface area contributed by atoms with Gasteiger partial charge in [0.15, 0.2) is 6.04 Å². The maximum atomic E-state index is 13.0. The van der Waals surface area contributed by atoms with Crippen LogP contribution < -0.4 is 0 Å². The van der Waals surface area contributed by atoms with E-state index < -0.39 is 35.9 Å². The zero-order valence-corrected chi connectivity index (χ0v) is 13.6. The molecule has 1 fully saturated rings. The highest BCUT2D eigenvalue weighted by Crippen LogP contribution is 2.41. The van der Waals surface area contributed by atoms with Gasteiger partial charge in [-0.1, -0.05) is 30.7 Å². The summed E-state index contributed by atoms with van der Waals surface area (Å²) in [7, 11) is 0. The molecule has 1 aliphatic heterocycles. The molecule has 136 valence electrons. The minimum atomic E-state index is -4.31. The summed E-state index contributed by atoms with van der Waals surface area (Å²) in [6, 6.07) is 5.90. The van der Waals surface area contributed by atoms with Gasteiger partial charge in [-0.2, -0.15) is 13.2 Å². The molecule has 1 aromatic carbocycles. The average Bonchev–Trinajstić information content (AvgIpc) is 2.59. The van der Waals surface area contributed by atoms with Gasteiger partial charge in [0, 0.05) is 12.5 Å². The van der Waals surface area contributed by atoms with E-state index in [2.05, 4.69) is 0 Å². The Kier molecular flexibility index (Phi) is 4.75. The number of aliphatic carboxylic acids is 1. The Labute approximate surface area is 143 Å². The van der Waals surface area contributed by atoms with Gasteiger partial charge in [0.25, 0.3) is 0 Å². The second-order valence-corrected chi connectivity index (χ2v) is 6.82. The average molecular weight is 355 g/mol. The van der Waals surface area contributed by atoms with Gasteiger partial charge in [-0.05, 0) is 36.8 Å². The lowest BCUT2D eigenvalue weighted by atomic mass is 9.79. The fourth-order valence-electron chi connectivity index (χ4n) is 4.02. The lowest BCUT2D eigenvalue weighted by molar-refractivity contribution is -0.188. The van der Waals surface area contributed by atoms with Crippen molar-refractivity contribution in [2.45, 2.75) is 44.3 Å². The Bertz CT molecular complexity index is 674. The number of benzene rings is 1. The van der Waals surface area contributed by atoms with Crippen molar-refractivity contribution < 1.29 is 27.9 Å². The van der Waals surface area contributed by atoms with Crippen LogP contribution in [0.3, 0.4) is 0 Å². The minimum absolute atomic E-state index is 0.0402. The number of hydrogen-bond donors (Lipinski definition) is 1. The van der Waals surface area contributed by atoms with Crippen molar-refractivity contribution in [2.24, 2.45) is 11.8 Å². The molecule has 25 heavy (non-hydrogen) atoms. The van der Waals surface area contributed by atoms with E-state index in [0.29, 0.717) is 24.8 Å². The van der Waals surface area contributed by atoms with Gasteiger partial charge in [-0.15, -0.1) is 0 Å². The summed E-state index contributed by atoms with van der Waals surface area (Å²) in [6.45, 7) is 0.222. The molecule has 3 unspecified atom stereocenters. The first-order chi connectivity index (χ1) is 11.8. The molecular weight excluding hydrogens is 335 g/mol. The van der Waals surface area contributed by atoms with E-state index in [1.807, 2.05) is 12.1 Å². The van der Waals surface area contributed by atoms with Crippen LogP contribution in [-0.2, 0) is 16.0 Å². The van der Waals surface area contributed by atoms with Crippen LogP contribution in [0.15, 0.2) is 24.3 Å². The summed E-state index contributed by atoms with van der Waals surface area (Å²) in [5.41, 5.74) is 1.42. The topological polar surface area (TPSA) is 57.6 Å². The van der Waals surface area contributed by atoms with Crippen LogP contribution in [0.1, 0.15) is 42.9 Å². The molecule has 1 aliphatic carbocycles. The molecule has 1 N–H and O–H groups in total. The monoisotopic (exact) mass is 355 g/mol. The van der Waals surface area contributed by atoms with Crippen molar-refractivity contribution in [1.82, 2.24) is 4.90 Å². The number of carboxylic acids is 1. The Morgan fingerprint density at radius 1 is 1.16 bits per heavy atom. The van der Waals surface area contributed by atoms with E-state index in [-0.39, 0.29) is 19.4 Å². The summed E-state index contributed by atoms with van der Waals surface area (Å²) in [4.78, 5) is 25.9. The largest absolute Gasteiger partial charge is 0.479 e. The molecule has 1 aromatic rings. The van der Waals surface area contributed by atoms with Crippen molar-refractivity contribution in [3.05, 3.63) is 35.4 Å². The minimum Gasteiger partial charge on any atom is -0.479 e. The lowest BCUT2D eigenvalue weighted by Crippen LogP contribution is -2.47. The van der Waals surface area contributed by atoms with Gasteiger partial charge in [0.05, 0.1) is 5.92 Å². The van der Waals surface area contributed by atoms with Gasteiger partial charge < -0.3 is 10.0 Å². The van der Waals surface area contributed by atoms with Gasteiger partial charge >= 0.3 is 12.1 Å². The van der Waals surface area contributed by atoms with Crippen molar-refractivity contribution in [2.75, 3.05) is 6.54 Å². The lowest BCUT2D eigenvalue weighted by Gasteiger charge is -2.39. The van der Waals surface area contributed by atoms with Crippen LogP contribution in [0, 0.1) is 11.8 Å². The molecule has 1 heterocycles.